The lowest BCUT2D eigenvalue weighted by molar-refractivity contribution is 0.0316. The van der Waals surface area contributed by atoms with Crippen molar-refractivity contribution in [3.05, 3.63) is 64.3 Å². The zero-order valence-electron chi connectivity index (χ0n) is 24.5. The van der Waals surface area contributed by atoms with Crippen LogP contribution in [0.4, 0.5) is 23.1 Å². The van der Waals surface area contributed by atoms with Crippen molar-refractivity contribution >= 4 is 40.6 Å². The van der Waals surface area contributed by atoms with Gasteiger partial charge in [-0.05, 0) is 61.9 Å². The van der Waals surface area contributed by atoms with Gasteiger partial charge >= 0.3 is 0 Å². The molecule has 42 heavy (non-hydrogen) atoms. The number of piperazine rings is 1. The number of para-hydroxylation sites is 1. The van der Waals surface area contributed by atoms with Gasteiger partial charge in [-0.3, -0.25) is 14.6 Å². The van der Waals surface area contributed by atoms with Gasteiger partial charge in [0.15, 0.2) is 5.82 Å². The van der Waals surface area contributed by atoms with E-state index < -0.39 is 0 Å². The van der Waals surface area contributed by atoms with E-state index in [4.69, 9.17) is 16.3 Å². The van der Waals surface area contributed by atoms with Gasteiger partial charge in [0.05, 0.1) is 36.9 Å². The van der Waals surface area contributed by atoms with Crippen molar-refractivity contribution in [3.63, 3.8) is 0 Å². The molecular weight excluding hydrogens is 554 g/mol. The van der Waals surface area contributed by atoms with Gasteiger partial charge in [-0.2, -0.15) is 4.98 Å². The molecule has 0 bridgehead atoms. The van der Waals surface area contributed by atoms with E-state index in [2.05, 4.69) is 48.7 Å². The molecule has 1 amide bonds. The maximum Gasteiger partial charge on any atom is 0.253 e. The van der Waals surface area contributed by atoms with Crippen molar-refractivity contribution in [2.24, 2.45) is 0 Å². The molecule has 0 radical (unpaired) electrons. The number of benzene rings is 2. The number of β-amino-alcohol motifs (C(OH)–C–C–N with tert-alkyl or cyclic N) is 1. The van der Waals surface area contributed by atoms with E-state index in [9.17, 15) is 9.90 Å². The summed E-state index contributed by atoms with van der Waals surface area (Å²) >= 11 is 6.44. The number of ether oxygens (including phenoxy) is 1. The molecule has 0 saturated carbocycles. The molecule has 2 aliphatic rings. The number of aliphatic hydroxyl groups is 1. The number of hydrogen-bond acceptors (Lipinski definition) is 9. The zero-order valence-corrected chi connectivity index (χ0v) is 25.3. The summed E-state index contributed by atoms with van der Waals surface area (Å²) < 4.78 is 5.98. The van der Waals surface area contributed by atoms with Crippen molar-refractivity contribution < 1.29 is 14.6 Å². The maximum atomic E-state index is 12.3. The SMILES string of the molecule is CNC(=O)c1ccccc1Nc1nc(Nc2ccc3c(c2OC)CCC[C@@](C)(N2CCN(CCO)CC2)C3)ncc1Cl. The van der Waals surface area contributed by atoms with Crippen LogP contribution in [0.5, 0.6) is 5.75 Å². The van der Waals surface area contributed by atoms with Crippen LogP contribution < -0.4 is 20.7 Å². The highest BCUT2D eigenvalue weighted by Crippen LogP contribution is 2.40. The average molecular weight is 594 g/mol. The molecule has 0 spiro atoms. The lowest BCUT2D eigenvalue weighted by atomic mass is 9.87. The Balaban J connectivity index is 1.36. The topological polar surface area (TPSA) is 115 Å². The second-order valence-electron chi connectivity index (χ2n) is 11.1. The molecule has 1 aromatic heterocycles. The molecule has 2 aromatic carbocycles. The molecule has 3 aromatic rings. The molecule has 2 heterocycles. The molecule has 224 valence electrons. The van der Waals surface area contributed by atoms with Gasteiger partial charge in [0, 0.05) is 45.3 Å². The Labute approximate surface area is 252 Å². The molecule has 4 N–H and O–H groups in total. The average Bonchev–Trinajstić information content (AvgIpc) is 3.18. The normalized spacial score (nSPS) is 19.5. The van der Waals surface area contributed by atoms with Crippen molar-refractivity contribution in [1.29, 1.82) is 0 Å². The summed E-state index contributed by atoms with van der Waals surface area (Å²) in [5.41, 5.74) is 4.45. The second kappa shape index (κ2) is 13.2. The molecule has 10 nitrogen and oxygen atoms in total. The summed E-state index contributed by atoms with van der Waals surface area (Å²) in [7, 11) is 3.30. The third kappa shape index (κ3) is 6.47. The Morgan fingerprint density at radius 2 is 1.90 bits per heavy atom. The highest BCUT2D eigenvalue weighted by Gasteiger charge is 2.36. The molecule has 1 atom stereocenters. The number of halogens is 1. The predicted molar refractivity (Wildman–Crippen MR) is 167 cm³/mol. The van der Waals surface area contributed by atoms with Crippen LogP contribution in [0.3, 0.4) is 0 Å². The van der Waals surface area contributed by atoms with Crippen LogP contribution in [0.1, 0.15) is 41.3 Å². The number of aliphatic hydroxyl groups excluding tert-OH is 1. The van der Waals surface area contributed by atoms with Gasteiger partial charge in [-0.1, -0.05) is 29.8 Å². The molecule has 1 fully saturated rings. The first-order chi connectivity index (χ1) is 20.3. The number of rotatable bonds is 9. The number of amides is 1. The lowest BCUT2D eigenvalue weighted by Crippen LogP contribution is -2.56. The largest absolute Gasteiger partial charge is 0.494 e. The number of carbonyl (C=O) groups is 1. The Morgan fingerprint density at radius 3 is 2.64 bits per heavy atom. The smallest absolute Gasteiger partial charge is 0.253 e. The molecule has 1 aliphatic carbocycles. The Kier molecular flexibility index (Phi) is 9.47. The first-order valence-electron chi connectivity index (χ1n) is 14.5. The fourth-order valence-electron chi connectivity index (χ4n) is 6.20. The minimum atomic E-state index is -0.212. The monoisotopic (exact) mass is 593 g/mol. The third-order valence-corrected chi connectivity index (χ3v) is 8.75. The first-order valence-corrected chi connectivity index (χ1v) is 14.9. The number of aromatic nitrogens is 2. The lowest BCUT2D eigenvalue weighted by Gasteiger charge is -2.46. The first kappa shape index (κ1) is 30.0. The molecule has 11 heteroatoms. The van der Waals surface area contributed by atoms with E-state index in [1.54, 1.807) is 32.4 Å². The number of hydrogen-bond donors (Lipinski definition) is 4. The molecule has 0 unspecified atom stereocenters. The van der Waals surface area contributed by atoms with Crippen LogP contribution in [0.15, 0.2) is 42.6 Å². The van der Waals surface area contributed by atoms with Crippen molar-refractivity contribution in [2.75, 3.05) is 64.1 Å². The Morgan fingerprint density at radius 1 is 1.12 bits per heavy atom. The molecule has 5 rings (SSSR count). The highest BCUT2D eigenvalue weighted by atomic mass is 35.5. The van der Waals surface area contributed by atoms with Gasteiger partial charge in [0.1, 0.15) is 10.8 Å². The van der Waals surface area contributed by atoms with Crippen molar-refractivity contribution in [3.8, 4) is 5.75 Å². The minimum absolute atomic E-state index is 0.0708. The van der Waals surface area contributed by atoms with Crippen molar-refractivity contribution in [2.45, 2.75) is 38.1 Å². The van der Waals surface area contributed by atoms with Crippen LogP contribution in [0.2, 0.25) is 5.02 Å². The standard InChI is InChI=1S/C31H40ClN7O3/c1-31(39-15-13-38(14-16-39)17-18-40)12-6-8-22-21(19-31)10-11-26(27(22)42-3)36-30-34-20-24(32)28(37-30)35-25-9-5-4-7-23(25)29(41)33-2/h4-5,7,9-11,20,40H,6,8,12-19H2,1-3H3,(H,33,41)(H2,34,35,36,37)/t31-/m1/s1. The second-order valence-corrected chi connectivity index (χ2v) is 11.5. The Bertz CT molecular complexity index is 1410. The Hall–Kier alpha value is -3.44. The number of methoxy groups -OCH3 is 1. The number of fused-ring (bicyclic) bond motifs is 1. The van der Waals surface area contributed by atoms with E-state index in [0.717, 1.165) is 69.8 Å². The number of nitrogens with one attached hydrogen (secondary N) is 3. The van der Waals surface area contributed by atoms with E-state index in [0.29, 0.717) is 28.0 Å². The minimum Gasteiger partial charge on any atom is -0.494 e. The number of carbonyl (C=O) groups excluding carboxylic acids is 1. The molecule has 1 saturated heterocycles. The van der Waals surface area contributed by atoms with Crippen molar-refractivity contribution in [1.82, 2.24) is 25.1 Å². The third-order valence-electron chi connectivity index (χ3n) is 8.47. The van der Waals surface area contributed by atoms with E-state index in [1.807, 2.05) is 12.1 Å². The molecular formula is C31H40ClN7O3. The van der Waals surface area contributed by atoms with E-state index in [1.165, 1.54) is 17.3 Å². The summed E-state index contributed by atoms with van der Waals surface area (Å²) in [6.07, 6.45) is 5.59. The fraction of sp³-hybridized carbons (Fsp3) is 0.452. The van der Waals surface area contributed by atoms with Crippen LogP contribution in [-0.2, 0) is 12.8 Å². The summed E-state index contributed by atoms with van der Waals surface area (Å²) in [5, 5.41) is 18.8. The number of anilines is 4. The van der Waals surface area contributed by atoms with Gasteiger partial charge in [-0.15, -0.1) is 0 Å². The zero-order chi connectivity index (χ0) is 29.7. The van der Waals surface area contributed by atoms with E-state index >= 15 is 0 Å². The van der Waals surface area contributed by atoms with Crippen LogP contribution in [0.25, 0.3) is 0 Å². The highest BCUT2D eigenvalue weighted by molar-refractivity contribution is 6.33. The molecule has 1 aliphatic heterocycles. The van der Waals surface area contributed by atoms with E-state index in [-0.39, 0.29) is 18.1 Å². The van der Waals surface area contributed by atoms with Gasteiger partial charge in [0.2, 0.25) is 5.95 Å². The number of nitrogens with zero attached hydrogens (tertiary/aromatic N) is 4. The summed E-state index contributed by atoms with van der Waals surface area (Å²) in [6, 6.07) is 11.4. The van der Waals surface area contributed by atoms with Gasteiger partial charge in [-0.25, -0.2) is 4.98 Å². The summed E-state index contributed by atoms with van der Waals surface area (Å²) in [6.45, 7) is 7.36. The van der Waals surface area contributed by atoms with Crippen LogP contribution in [-0.4, -0.2) is 89.8 Å². The summed E-state index contributed by atoms with van der Waals surface area (Å²) in [5.74, 6) is 1.34. The van der Waals surface area contributed by atoms with Gasteiger partial charge in [0.25, 0.3) is 5.91 Å². The van der Waals surface area contributed by atoms with Gasteiger partial charge < -0.3 is 25.8 Å². The predicted octanol–water partition coefficient (Wildman–Crippen LogP) is 4.23. The summed E-state index contributed by atoms with van der Waals surface area (Å²) in [4.78, 5) is 26.3. The maximum absolute atomic E-state index is 12.3. The fourth-order valence-corrected chi connectivity index (χ4v) is 6.33. The quantitative estimate of drug-likeness (QED) is 0.271. The van der Waals surface area contributed by atoms with Crippen LogP contribution in [0, 0.1) is 0 Å². The van der Waals surface area contributed by atoms with Crippen LogP contribution >= 0.6 is 11.6 Å².